The summed E-state index contributed by atoms with van der Waals surface area (Å²) in [6.45, 7) is 5.07. The first-order valence-electron chi connectivity index (χ1n) is 5.93. The van der Waals surface area contributed by atoms with E-state index in [1.807, 2.05) is 18.5 Å². The number of halogens is 3. The van der Waals surface area contributed by atoms with E-state index in [2.05, 4.69) is 10.4 Å². The lowest BCUT2D eigenvalue weighted by atomic mass is 10.3. The summed E-state index contributed by atoms with van der Waals surface area (Å²) in [6.07, 6.45) is 0. The van der Waals surface area contributed by atoms with Crippen LogP contribution in [0.2, 0.25) is 10.0 Å². The first kappa shape index (κ1) is 14.2. The van der Waals surface area contributed by atoms with Crippen LogP contribution in [0.3, 0.4) is 0 Å². The SMILES string of the molecule is CCn1nc(C)c(Cl)c1CNc1ccc(Cl)c(F)c1. The summed E-state index contributed by atoms with van der Waals surface area (Å²) in [6, 6.07) is 4.60. The van der Waals surface area contributed by atoms with Gasteiger partial charge in [0.05, 0.1) is 28.0 Å². The highest BCUT2D eigenvalue weighted by atomic mass is 35.5. The summed E-state index contributed by atoms with van der Waals surface area (Å²) < 4.78 is 15.1. The van der Waals surface area contributed by atoms with Crippen molar-refractivity contribution in [3.8, 4) is 0 Å². The van der Waals surface area contributed by atoms with Crippen LogP contribution in [-0.4, -0.2) is 9.78 Å². The number of aromatic nitrogens is 2. The van der Waals surface area contributed by atoms with Crippen LogP contribution in [0.25, 0.3) is 0 Å². The third kappa shape index (κ3) is 3.01. The smallest absolute Gasteiger partial charge is 0.143 e. The Morgan fingerprint density at radius 3 is 2.74 bits per heavy atom. The Morgan fingerprint density at radius 1 is 1.37 bits per heavy atom. The molecular formula is C13H14Cl2FN3. The largest absolute Gasteiger partial charge is 0.379 e. The molecule has 1 aromatic heterocycles. The Morgan fingerprint density at radius 2 is 2.11 bits per heavy atom. The monoisotopic (exact) mass is 301 g/mol. The van der Waals surface area contributed by atoms with Crippen molar-refractivity contribution in [2.75, 3.05) is 5.32 Å². The summed E-state index contributed by atoms with van der Waals surface area (Å²) in [5, 5.41) is 8.19. The summed E-state index contributed by atoms with van der Waals surface area (Å²) in [7, 11) is 0. The average Bonchev–Trinajstić information content (AvgIpc) is 2.67. The van der Waals surface area contributed by atoms with Crippen molar-refractivity contribution in [3.63, 3.8) is 0 Å². The van der Waals surface area contributed by atoms with Crippen molar-refractivity contribution in [2.24, 2.45) is 0 Å². The zero-order chi connectivity index (χ0) is 14.0. The Bertz CT molecular complexity index is 596. The van der Waals surface area contributed by atoms with E-state index in [0.717, 1.165) is 17.9 Å². The van der Waals surface area contributed by atoms with Gasteiger partial charge in [0.25, 0.3) is 0 Å². The van der Waals surface area contributed by atoms with Crippen LogP contribution in [0.4, 0.5) is 10.1 Å². The Balaban J connectivity index is 2.16. The number of aryl methyl sites for hydroxylation is 2. The van der Waals surface area contributed by atoms with Gasteiger partial charge in [-0.15, -0.1) is 0 Å². The molecule has 1 N–H and O–H groups in total. The molecule has 0 radical (unpaired) electrons. The molecule has 0 aliphatic rings. The van der Waals surface area contributed by atoms with Gasteiger partial charge < -0.3 is 5.32 Å². The van der Waals surface area contributed by atoms with Crippen LogP contribution in [-0.2, 0) is 13.1 Å². The molecule has 1 aromatic carbocycles. The quantitative estimate of drug-likeness (QED) is 0.914. The lowest BCUT2D eigenvalue weighted by Gasteiger charge is -2.09. The van der Waals surface area contributed by atoms with Gasteiger partial charge >= 0.3 is 0 Å². The topological polar surface area (TPSA) is 29.9 Å². The fourth-order valence-corrected chi connectivity index (χ4v) is 2.15. The van der Waals surface area contributed by atoms with Crippen molar-refractivity contribution >= 4 is 28.9 Å². The lowest BCUT2D eigenvalue weighted by Crippen LogP contribution is -2.08. The van der Waals surface area contributed by atoms with Gasteiger partial charge in [-0.05, 0) is 32.0 Å². The minimum Gasteiger partial charge on any atom is -0.379 e. The van der Waals surface area contributed by atoms with Gasteiger partial charge in [0.15, 0.2) is 0 Å². The Labute approximate surface area is 121 Å². The van der Waals surface area contributed by atoms with Gasteiger partial charge in [-0.1, -0.05) is 23.2 Å². The second-order valence-electron chi connectivity index (χ2n) is 4.14. The van der Waals surface area contributed by atoms with E-state index < -0.39 is 5.82 Å². The van der Waals surface area contributed by atoms with E-state index in [0.29, 0.717) is 17.3 Å². The van der Waals surface area contributed by atoms with E-state index in [-0.39, 0.29) is 5.02 Å². The average molecular weight is 302 g/mol. The molecule has 2 aromatic rings. The van der Waals surface area contributed by atoms with Crippen LogP contribution < -0.4 is 5.32 Å². The molecule has 0 saturated heterocycles. The molecule has 0 unspecified atom stereocenters. The second-order valence-corrected chi connectivity index (χ2v) is 4.93. The third-order valence-corrected chi connectivity index (χ3v) is 3.63. The lowest BCUT2D eigenvalue weighted by molar-refractivity contribution is 0.621. The number of hydrogen-bond donors (Lipinski definition) is 1. The summed E-state index contributed by atoms with van der Waals surface area (Å²) in [5.41, 5.74) is 2.33. The molecule has 3 nitrogen and oxygen atoms in total. The maximum atomic E-state index is 13.3. The van der Waals surface area contributed by atoms with Crippen LogP contribution in [0.15, 0.2) is 18.2 Å². The van der Waals surface area contributed by atoms with Crippen molar-refractivity contribution in [1.29, 1.82) is 0 Å². The normalized spacial score (nSPS) is 10.8. The molecule has 0 fully saturated rings. The van der Waals surface area contributed by atoms with E-state index in [4.69, 9.17) is 23.2 Å². The van der Waals surface area contributed by atoms with Crippen LogP contribution in [0.5, 0.6) is 0 Å². The second kappa shape index (κ2) is 5.80. The highest BCUT2D eigenvalue weighted by Gasteiger charge is 2.12. The molecule has 0 atom stereocenters. The van der Waals surface area contributed by atoms with Gasteiger partial charge in [-0.25, -0.2) is 4.39 Å². The molecule has 0 aliphatic carbocycles. The third-order valence-electron chi connectivity index (χ3n) is 2.83. The van der Waals surface area contributed by atoms with Gasteiger partial charge in [0.1, 0.15) is 5.82 Å². The molecule has 1 heterocycles. The molecular weight excluding hydrogens is 288 g/mol. The fourth-order valence-electron chi connectivity index (χ4n) is 1.83. The van der Waals surface area contributed by atoms with E-state index >= 15 is 0 Å². The molecule has 0 spiro atoms. The molecule has 102 valence electrons. The van der Waals surface area contributed by atoms with E-state index in [1.165, 1.54) is 12.1 Å². The van der Waals surface area contributed by atoms with Crippen molar-refractivity contribution in [3.05, 3.63) is 45.4 Å². The van der Waals surface area contributed by atoms with Gasteiger partial charge in [0.2, 0.25) is 0 Å². The Hall–Kier alpha value is -1.26. The minimum atomic E-state index is -0.446. The first-order chi connectivity index (χ1) is 9.02. The van der Waals surface area contributed by atoms with Crippen LogP contribution >= 0.6 is 23.2 Å². The zero-order valence-electron chi connectivity index (χ0n) is 10.7. The maximum absolute atomic E-state index is 13.3. The van der Waals surface area contributed by atoms with Crippen molar-refractivity contribution < 1.29 is 4.39 Å². The first-order valence-corrected chi connectivity index (χ1v) is 6.69. The molecule has 6 heteroatoms. The summed E-state index contributed by atoms with van der Waals surface area (Å²) in [4.78, 5) is 0. The molecule has 0 saturated carbocycles. The van der Waals surface area contributed by atoms with Gasteiger partial charge in [-0.2, -0.15) is 5.10 Å². The number of nitrogens with one attached hydrogen (secondary N) is 1. The molecule has 0 bridgehead atoms. The number of benzene rings is 1. The Kier molecular flexibility index (Phi) is 4.32. The van der Waals surface area contributed by atoms with Crippen molar-refractivity contribution in [2.45, 2.75) is 26.9 Å². The number of hydrogen-bond acceptors (Lipinski definition) is 2. The number of anilines is 1. The van der Waals surface area contributed by atoms with Crippen molar-refractivity contribution in [1.82, 2.24) is 9.78 Å². The predicted octanol–water partition coefficient (Wildman–Crippen LogP) is 4.27. The maximum Gasteiger partial charge on any atom is 0.143 e. The van der Waals surface area contributed by atoms with E-state index in [1.54, 1.807) is 6.07 Å². The van der Waals surface area contributed by atoms with Crippen LogP contribution in [0.1, 0.15) is 18.3 Å². The molecule has 2 rings (SSSR count). The summed E-state index contributed by atoms with van der Waals surface area (Å²) in [5.74, 6) is -0.446. The highest BCUT2D eigenvalue weighted by molar-refractivity contribution is 6.32. The minimum absolute atomic E-state index is 0.109. The molecule has 19 heavy (non-hydrogen) atoms. The standard InChI is InChI=1S/C13H14Cl2FN3/c1-3-19-12(13(15)8(2)18-19)7-17-9-4-5-10(14)11(16)6-9/h4-6,17H,3,7H2,1-2H3. The zero-order valence-corrected chi connectivity index (χ0v) is 12.2. The summed E-state index contributed by atoms with van der Waals surface area (Å²) >= 11 is 11.8. The van der Waals surface area contributed by atoms with Crippen LogP contribution in [0, 0.1) is 12.7 Å². The van der Waals surface area contributed by atoms with Gasteiger partial charge in [-0.3, -0.25) is 4.68 Å². The predicted molar refractivity (Wildman–Crippen MR) is 76.4 cm³/mol. The van der Waals surface area contributed by atoms with Gasteiger partial charge in [0, 0.05) is 12.2 Å². The number of rotatable bonds is 4. The molecule has 0 aliphatic heterocycles. The highest BCUT2D eigenvalue weighted by Crippen LogP contribution is 2.23. The number of nitrogens with zero attached hydrogens (tertiary/aromatic N) is 2. The molecule has 0 amide bonds. The van der Waals surface area contributed by atoms with E-state index in [9.17, 15) is 4.39 Å². The fraction of sp³-hybridized carbons (Fsp3) is 0.308.